The molecule has 0 atom stereocenters. The number of unbranched alkanes of at least 4 members (excludes halogenated alkanes) is 3. The molecule has 0 bridgehead atoms. The first-order valence-electron chi connectivity index (χ1n) is 8.21. The van der Waals surface area contributed by atoms with Crippen molar-refractivity contribution in [2.24, 2.45) is 10.7 Å². The molecule has 6 nitrogen and oxygen atoms in total. The van der Waals surface area contributed by atoms with Crippen LogP contribution < -0.4 is 11.1 Å². The molecule has 7 heteroatoms. The summed E-state index contributed by atoms with van der Waals surface area (Å²) in [6, 6.07) is 8.05. The molecule has 4 N–H and O–H groups in total. The lowest BCUT2D eigenvalue weighted by molar-refractivity contribution is 0.652. The number of guanidine groups is 1. The van der Waals surface area contributed by atoms with E-state index in [9.17, 15) is 0 Å². The van der Waals surface area contributed by atoms with Gasteiger partial charge in [-0.3, -0.25) is 5.10 Å². The highest BCUT2D eigenvalue weighted by Gasteiger charge is 2.04. The molecule has 0 radical (unpaired) electrons. The Kier molecular flexibility index (Phi) is 9.36. The van der Waals surface area contributed by atoms with Crippen LogP contribution >= 0.6 is 24.0 Å². The van der Waals surface area contributed by atoms with Crippen LogP contribution in [0.4, 0.5) is 0 Å². The Morgan fingerprint density at radius 3 is 2.83 bits per heavy atom. The summed E-state index contributed by atoms with van der Waals surface area (Å²) in [7, 11) is 0. The van der Waals surface area contributed by atoms with E-state index in [2.05, 4.69) is 32.4 Å². The summed E-state index contributed by atoms with van der Waals surface area (Å²) in [4.78, 5) is 8.73. The number of nitrogens with zero attached hydrogens (tertiary/aromatic N) is 3. The van der Waals surface area contributed by atoms with Gasteiger partial charge >= 0.3 is 0 Å². The zero-order valence-corrected chi connectivity index (χ0v) is 16.7. The quantitative estimate of drug-likeness (QED) is 0.253. The van der Waals surface area contributed by atoms with Crippen LogP contribution in [0.5, 0.6) is 0 Å². The first kappa shape index (κ1) is 20.4. The van der Waals surface area contributed by atoms with E-state index in [1.54, 1.807) is 0 Å². The average Bonchev–Trinajstić information content (AvgIpc) is 2.99. The second-order valence-corrected chi connectivity index (χ2v) is 5.63. The third kappa shape index (κ3) is 6.86. The normalized spacial score (nSPS) is 11.2. The molecule has 1 heterocycles. The average molecular weight is 442 g/mol. The van der Waals surface area contributed by atoms with E-state index < -0.39 is 0 Å². The Balaban J connectivity index is 0.00000288. The Morgan fingerprint density at radius 1 is 1.29 bits per heavy atom. The maximum atomic E-state index is 5.90. The van der Waals surface area contributed by atoms with Crippen LogP contribution in [0.2, 0.25) is 0 Å². The molecule has 0 spiro atoms. The molecule has 24 heavy (non-hydrogen) atoms. The van der Waals surface area contributed by atoms with Gasteiger partial charge in [0.1, 0.15) is 5.82 Å². The largest absolute Gasteiger partial charge is 0.370 e. The number of nitrogens with one attached hydrogen (secondary N) is 2. The van der Waals surface area contributed by atoms with Crippen molar-refractivity contribution in [3.05, 3.63) is 35.7 Å². The van der Waals surface area contributed by atoms with Crippen LogP contribution in [0, 0.1) is 6.92 Å². The fourth-order valence-electron chi connectivity index (χ4n) is 2.28. The highest BCUT2D eigenvalue weighted by molar-refractivity contribution is 14.0. The second-order valence-electron chi connectivity index (χ2n) is 5.63. The van der Waals surface area contributed by atoms with Gasteiger partial charge < -0.3 is 11.1 Å². The number of benzene rings is 1. The molecule has 0 saturated carbocycles. The van der Waals surface area contributed by atoms with Crippen LogP contribution in [0.25, 0.3) is 11.4 Å². The molecule has 0 amide bonds. The smallest absolute Gasteiger partial charge is 0.188 e. The van der Waals surface area contributed by atoms with E-state index in [1.807, 2.05) is 31.2 Å². The van der Waals surface area contributed by atoms with Crippen molar-refractivity contribution in [1.82, 2.24) is 20.5 Å². The maximum Gasteiger partial charge on any atom is 0.188 e. The van der Waals surface area contributed by atoms with E-state index >= 15 is 0 Å². The molecule has 1 aromatic heterocycles. The number of rotatable bonds is 8. The lowest BCUT2D eigenvalue weighted by atomic mass is 10.1. The molecule has 0 unspecified atom stereocenters. The predicted molar refractivity (Wildman–Crippen MR) is 109 cm³/mol. The zero-order chi connectivity index (χ0) is 16.5. The van der Waals surface area contributed by atoms with Crippen LogP contribution in [0.1, 0.15) is 44.0 Å². The summed E-state index contributed by atoms with van der Waals surface area (Å²) in [5, 5.41) is 10.2. The summed E-state index contributed by atoms with van der Waals surface area (Å²) >= 11 is 0. The van der Waals surface area contributed by atoms with Crippen molar-refractivity contribution in [2.75, 3.05) is 6.54 Å². The first-order chi connectivity index (χ1) is 11.2. The minimum Gasteiger partial charge on any atom is -0.370 e. The van der Waals surface area contributed by atoms with Gasteiger partial charge in [-0.2, -0.15) is 5.10 Å². The van der Waals surface area contributed by atoms with Crippen molar-refractivity contribution in [3.8, 4) is 11.4 Å². The number of halogens is 1. The van der Waals surface area contributed by atoms with Crippen LogP contribution in [-0.2, 0) is 6.54 Å². The lowest BCUT2D eigenvalue weighted by Gasteiger charge is -2.05. The molecular weight excluding hydrogens is 415 g/mol. The van der Waals surface area contributed by atoms with Crippen molar-refractivity contribution in [3.63, 3.8) is 0 Å². The Morgan fingerprint density at radius 2 is 2.12 bits per heavy atom. The number of H-pyrrole nitrogens is 1. The highest BCUT2D eigenvalue weighted by Crippen LogP contribution is 2.16. The van der Waals surface area contributed by atoms with E-state index in [-0.39, 0.29) is 24.0 Å². The third-order valence-electron chi connectivity index (χ3n) is 3.55. The van der Waals surface area contributed by atoms with Gasteiger partial charge in [0.25, 0.3) is 0 Å². The molecule has 2 rings (SSSR count). The van der Waals surface area contributed by atoms with Crippen molar-refractivity contribution in [1.29, 1.82) is 0 Å². The van der Waals surface area contributed by atoms with E-state index in [1.165, 1.54) is 19.3 Å². The number of nitrogens with two attached hydrogens (primary N) is 1. The molecule has 2 aromatic rings. The molecule has 0 aliphatic heterocycles. The number of aromatic nitrogens is 3. The van der Waals surface area contributed by atoms with E-state index in [4.69, 9.17) is 5.73 Å². The molecule has 0 aliphatic rings. The first-order valence-corrected chi connectivity index (χ1v) is 8.21. The van der Waals surface area contributed by atoms with Crippen LogP contribution in [0.15, 0.2) is 29.3 Å². The van der Waals surface area contributed by atoms with Gasteiger partial charge in [0.05, 0.1) is 6.54 Å². The van der Waals surface area contributed by atoms with E-state index in [0.717, 1.165) is 29.9 Å². The van der Waals surface area contributed by atoms with Gasteiger partial charge in [-0.05, 0) is 25.0 Å². The predicted octanol–water partition coefficient (Wildman–Crippen LogP) is 3.38. The molecule has 0 aliphatic carbocycles. The lowest BCUT2D eigenvalue weighted by Crippen LogP contribution is -2.32. The van der Waals surface area contributed by atoms with Crippen molar-refractivity contribution in [2.45, 2.75) is 46.1 Å². The second kappa shape index (κ2) is 11.0. The third-order valence-corrected chi connectivity index (χ3v) is 3.55. The Bertz CT molecular complexity index is 638. The monoisotopic (exact) mass is 442 g/mol. The fourth-order valence-corrected chi connectivity index (χ4v) is 2.28. The number of aromatic amines is 1. The molecule has 0 saturated heterocycles. The molecular formula is C17H27IN6. The van der Waals surface area contributed by atoms with Crippen molar-refractivity contribution >= 4 is 29.9 Å². The maximum absolute atomic E-state index is 5.90. The van der Waals surface area contributed by atoms with Gasteiger partial charge in [0, 0.05) is 12.1 Å². The number of hydrogen-bond acceptors (Lipinski definition) is 3. The molecule has 132 valence electrons. The van der Waals surface area contributed by atoms with E-state index in [0.29, 0.717) is 18.3 Å². The van der Waals surface area contributed by atoms with Gasteiger partial charge in [-0.15, -0.1) is 24.0 Å². The SMILES string of the molecule is CCCCCCNC(N)=NCc1cccc(-c2n[nH]c(C)n2)c1.I. The van der Waals surface area contributed by atoms with Crippen LogP contribution in [0.3, 0.4) is 0 Å². The Hall–Kier alpha value is -1.64. The summed E-state index contributed by atoms with van der Waals surface area (Å²) in [6.45, 7) is 5.52. The van der Waals surface area contributed by atoms with Gasteiger partial charge in [0.2, 0.25) is 0 Å². The number of hydrogen-bond donors (Lipinski definition) is 3. The summed E-state index contributed by atoms with van der Waals surface area (Å²) in [6.07, 6.45) is 4.87. The highest BCUT2D eigenvalue weighted by atomic mass is 127. The topological polar surface area (TPSA) is 92.0 Å². The Labute approximate surface area is 160 Å². The fraction of sp³-hybridized carbons (Fsp3) is 0.471. The summed E-state index contributed by atoms with van der Waals surface area (Å²) in [5.74, 6) is 2.01. The van der Waals surface area contributed by atoms with Gasteiger partial charge in [-0.25, -0.2) is 9.98 Å². The summed E-state index contributed by atoms with van der Waals surface area (Å²) in [5.41, 5.74) is 7.96. The van der Waals surface area contributed by atoms with Crippen molar-refractivity contribution < 1.29 is 0 Å². The minimum atomic E-state index is 0. The van der Waals surface area contributed by atoms with Gasteiger partial charge in [-0.1, -0.05) is 44.4 Å². The zero-order valence-electron chi connectivity index (χ0n) is 14.4. The standard InChI is InChI=1S/C17H26N6.HI/c1-3-4-5-6-10-19-17(18)20-12-14-8-7-9-15(11-14)16-21-13(2)22-23-16;/h7-9,11H,3-6,10,12H2,1-2H3,(H3,18,19,20)(H,21,22,23);1H. The minimum absolute atomic E-state index is 0. The van der Waals surface area contributed by atoms with Crippen LogP contribution in [-0.4, -0.2) is 27.7 Å². The molecule has 1 aromatic carbocycles. The summed E-state index contributed by atoms with van der Waals surface area (Å²) < 4.78 is 0. The number of aryl methyl sites for hydroxylation is 1. The molecule has 0 fully saturated rings. The number of aliphatic imine (C=N–C) groups is 1. The van der Waals surface area contributed by atoms with Gasteiger partial charge in [0.15, 0.2) is 11.8 Å².